The van der Waals surface area contributed by atoms with E-state index in [1.165, 1.54) is 31.8 Å². The molecule has 4 aliphatic heterocycles. The van der Waals surface area contributed by atoms with Crippen molar-refractivity contribution in [3.63, 3.8) is 0 Å². The highest BCUT2D eigenvalue weighted by atomic mass is 16.8. The first-order chi connectivity index (χ1) is 24.2. The van der Waals surface area contributed by atoms with E-state index in [2.05, 4.69) is 33.8 Å². The van der Waals surface area contributed by atoms with Gasteiger partial charge in [-0.15, -0.1) is 0 Å². The SMILES string of the molecule is C[C@@H]1CC[C@@]2(OC1)O[C@H]1C[C@H]3[C@@H]4CC=C5C[C@@H](O[C@@H]6O[C@H](CO)[C@@H](O)[C@H](O)[C@H]6O[C@H]6O[C@@H](C)[C@H](O)[C@@H](O)[C@H]6O)CC[C@]5(C)[C@H]4CC[C@]3(C)[C@H]1[C@@H]2C. The average molecular weight is 723 g/mol. The molecule has 290 valence electrons. The minimum atomic E-state index is -1.61. The van der Waals surface area contributed by atoms with E-state index in [1.807, 2.05) is 0 Å². The maximum absolute atomic E-state index is 11.1. The molecule has 0 aromatic carbocycles. The van der Waals surface area contributed by atoms with Gasteiger partial charge in [0.25, 0.3) is 0 Å². The van der Waals surface area contributed by atoms with Crippen molar-refractivity contribution < 1.29 is 59.1 Å². The minimum Gasteiger partial charge on any atom is -0.394 e. The zero-order valence-electron chi connectivity index (χ0n) is 30.9. The summed E-state index contributed by atoms with van der Waals surface area (Å²) in [5, 5.41) is 62.9. The number of rotatable bonds is 5. The number of ether oxygens (including phenoxy) is 6. The summed E-state index contributed by atoms with van der Waals surface area (Å²) in [4.78, 5) is 0. The van der Waals surface area contributed by atoms with Crippen molar-refractivity contribution in [3.05, 3.63) is 11.6 Å². The number of hydrogen-bond donors (Lipinski definition) is 6. The van der Waals surface area contributed by atoms with Crippen LogP contribution in [0.5, 0.6) is 0 Å². The van der Waals surface area contributed by atoms with Gasteiger partial charge in [0, 0.05) is 12.3 Å². The van der Waals surface area contributed by atoms with Crippen LogP contribution < -0.4 is 0 Å². The molecule has 51 heavy (non-hydrogen) atoms. The molecule has 7 fully saturated rings. The van der Waals surface area contributed by atoms with Crippen LogP contribution in [0, 0.1) is 46.3 Å². The zero-order chi connectivity index (χ0) is 36.2. The number of aliphatic hydroxyl groups excluding tert-OH is 6. The number of allylic oxidation sites excluding steroid dienone is 1. The molecule has 4 heterocycles. The van der Waals surface area contributed by atoms with Gasteiger partial charge in [-0.1, -0.05) is 39.3 Å². The summed E-state index contributed by atoms with van der Waals surface area (Å²) in [6, 6.07) is 0. The lowest BCUT2D eigenvalue weighted by atomic mass is 9.47. The molecule has 6 N–H and O–H groups in total. The predicted octanol–water partition coefficient (Wildman–Crippen LogP) is 2.39. The Morgan fingerprint density at radius 2 is 1.61 bits per heavy atom. The topological polar surface area (TPSA) is 177 Å². The van der Waals surface area contributed by atoms with E-state index in [1.54, 1.807) is 0 Å². The van der Waals surface area contributed by atoms with E-state index in [0.717, 1.165) is 38.7 Å². The van der Waals surface area contributed by atoms with Gasteiger partial charge in [0.2, 0.25) is 0 Å². The second-order valence-electron chi connectivity index (χ2n) is 18.3. The van der Waals surface area contributed by atoms with E-state index in [0.29, 0.717) is 41.9 Å². The molecule has 0 unspecified atom stereocenters. The highest BCUT2D eigenvalue weighted by molar-refractivity contribution is 5.26. The monoisotopic (exact) mass is 722 g/mol. The van der Waals surface area contributed by atoms with Crippen molar-refractivity contribution in [2.45, 2.75) is 172 Å². The van der Waals surface area contributed by atoms with Gasteiger partial charge in [-0.25, -0.2) is 0 Å². The van der Waals surface area contributed by atoms with Gasteiger partial charge >= 0.3 is 0 Å². The van der Waals surface area contributed by atoms with E-state index in [-0.39, 0.29) is 23.0 Å². The molecule has 1 spiro atoms. The Morgan fingerprint density at radius 3 is 2.33 bits per heavy atom. The molecule has 8 aliphatic rings. The van der Waals surface area contributed by atoms with E-state index < -0.39 is 73.8 Å². The Hall–Kier alpha value is -0.740. The zero-order valence-corrected chi connectivity index (χ0v) is 30.9. The summed E-state index contributed by atoms with van der Waals surface area (Å²) in [6.07, 6.45) is -1.68. The maximum Gasteiger partial charge on any atom is 0.187 e. The third-order valence-electron chi connectivity index (χ3n) is 15.6. The van der Waals surface area contributed by atoms with Crippen LogP contribution in [0.1, 0.15) is 92.4 Å². The molecule has 0 aromatic heterocycles. The van der Waals surface area contributed by atoms with Crippen molar-refractivity contribution in [3.8, 4) is 0 Å². The van der Waals surface area contributed by atoms with Crippen LogP contribution in [0.4, 0.5) is 0 Å². The van der Waals surface area contributed by atoms with Crippen LogP contribution in [-0.2, 0) is 28.4 Å². The van der Waals surface area contributed by atoms with Crippen LogP contribution in [0.3, 0.4) is 0 Å². The third kappa shape index (κ3) is 5.84. The normalized spacial score (nSPS) is 58.4. The molecule has 12 nitrogen and oxygen atoms in total. The first-order valence-corrected chi connectivity index (χ1v) is 19.8. The van der Waals surface area contributed by atoms with Crippen molar-refractivity contribution in [2.75, 3.05) is 13.2 Å². The fraction of sp³-hybridized carbons (Fsp3) is 0.949. The van der Waals surface area contributed by atoms with Gasteiger partial charge in [-0.2, -0.15) is 0 Å². The standard InChI is InChI=1S/C39H62O12/c1-18-8-13-39(46-17-18)19(2)28-26(51-39)15-25-23-7-6-21-14-22(9-11-37(21,4)24(23)10-12-38(25,28)5)48-36-34(32(44)30(42)27(16-40)49-36)50-35-33(45)31(43)29(41)20(3)47-35/h6,18-20,22-36,40-45H,7-17H2,1-5H3/t18-,19+,20+,22+,23-,24+,25+,26+,27-,28+,29+,30-,31-,32+,33-,34-,35-,36-,37+,38+,39-/m1/s1. The van der Waals surface area contributed by atoms with E-state index >= 15 is 0 Å². The van der Waals surface area contributed by atoms with Gasteiger partial charge in [0.15, 0.2) is 18.4 Å². The first-order valence-electron chi connectivity index (χ1n) is 19.8. The van der Waals surface area contributed by atoms with E-state index in [4.69, 9.17) is 28.4 Å². The molecule has 0 bridgehead atoms. The Morgan fingerprint density at radius 1 is 0.824 bits per heavy atom. The van der Waals surface area contributed by atoms with Crippen LogP contribution in [0.15, 0.2) is 11.6 Å². The number of aliphatic hydroxyl groups is 6. The van der Waals surface area contributed by atoms with Crippen molar-refractivity contribution >= 4 is 0 Å². The molecule has 4 saturated heterocycles. The molecular formula is C39H62O12. The lowest BCUT2D eigenvalue weighted by Gasteiger charge is -2.58. The molecule has 3 saturated carbocycles. The highest BCUT2D eigenvalue weighted by Crippen LogP contribution is 2.70. The fourth-order valence-corrected chi connectivity index (χ4v) is 12.5. The lowest BCUT2D eigenvalue weighted by molar-refractivity contribution is -0.369. The highest BCUT2D eigenvalue weighted by Gasteiger charge is 2.68. The van der Waals surface area contributed by atoms with Crippen molar-refractivity contribution in [1.29, 1.82) is 0 Å². The summed E-state index contributed by atoms with van der Waals surface area (Å²) in [5.74, 6) is 2.92. The summed E-state index contributed by atoms with van der Waals surface area (Å²) >= 11 is 0. The Bertz CT molecular complexity index is 1300. The third-order valence-corrected chi connectivity index (χ3v) is 15.6. The van der Waals surface area contributed by atoms with Crippen molar-refractivity contribution in [2.24, 2.45) is 46.3 Å². The molecular weight excluding hydrogens is 660 g/mol. The van der Waals surface area contributed by atoms with Crippen molar-refractivity contribution in [1.82, 2.24) is 0 Å². The lowest BCUT2D eigenvalue weighted by Crippen LogP contribution is -2.64. The second kappa shape index (κ2) is 13.5. The Labute approximate surface area is 301 Å². The fourth-order valence-electron chi connectivity index (χ4n) is 12.5. The number of hydrogen-bond acceptors (Lipinski definition) is 12. The van der Waals surface area contributed by atoms with Gasteiger partial charge in [0.05, 0.1) is 31.5 Å². The van der Waals surface area contributed by atoms with Crippen LogP contribution in [-0.4, -0.2) is 123 Å². The van der Waals surface area contributed by atoms with E-state index in [9.17, 15) is 30.6 Å². The van der Waals surface area contributed by atoms with Gasteiger partial charge in [0.1, 0.15) is 42.7 Å². The molecule has 0 radical (unpaired) electrons. The quantitative estimate of drug-likeness (QED) is 0.229. The Kier molecular flexibility index (Phi) is 9.83. The van der Waals surface area contributed by atoms with Crippen LogP contribution >= 0.6 is 0 Å². The smallest absolute Gasteiger partial charge is 0.187 e. The first kappa shape index (κ1) is 37.2. The Balaban J connectivity index is 0.964. The molecule has 12 heteroatoms. The van der Waals surface area contributed by atoms with Gasteiger partial charge in [-0.3, -0.25) is 0 Å². The predicted molar refractivity (Wildman–Crippen MR) is 182 cm³/mol. The molecule has 0 aromatic rings. The van der Waals surface area contributed by atoms with Gasteiger partial charge in [-0.05, 0) is 98.7 Å². The second-order valence-corrected chi connectivity index (χ2v) is 18.3. The molecule has 0 amide bonds. The average Bonchev–Trinajstić information content (AvgIpc) is 3.56. The summed E-state index contributed by atoms with van der Waals surface area (Å²) < 4.78 is 37.6. The molecule has 4 aliphatic carbocycles. The molecule has 8 rings (SSSR count). The van der Waals surface area contributed by atoms with Gasteiger partial charge < -0.3 is 59.1 Å². The number of fused-ring (bicyclic) bond motifs is 7. The summed E-state index contributed by atoms with van der Waals surface area (Å²) in [5.41, 5.74) is 1.70. The van der Waals surface area contributed by atoms with Crippen LogP contribution in [0.25, 0.3) is 0 Å². The summed E-state index contributed by atoms with van der Waals surface area (Å²) in [6.45, 7) is 11.5. The molecule has 21 atom stereocenters. The van der Waals surface area contributed by atoms with Crippen LogP contribution in [0.2, 0.25) is 0 Å². The minimum absolute atomic E-state index is 0.0535. The maximum atomic E-state index is 11.1. The summed E-state index contributed by atoms with van der Waals surface area (Å²) in [7, 11) is 0. The largest absolute Gasteiger partial charge is 0.394 e.